The van der Waals surface area contributed by atoms with Crippen molar-refractivity contribution < 1.29 is 14.0 Å². The van der Waals surface area contributed by atoms with Crippen molar-refractivity contribution in [1.29, 1.82) is 0 Å². The number of carbonyl (C=O) groups excluding carboxylic acids is 2. The van der Waals surface area contributed by atoms with Crippen molar-refractivity contribution in [2.75, 3.05) is 13.1 Å². The molecule has 0 bridgehead atoms. The van der Waals surface area contributed by atoms with E-state index < -0.39 is 0 Å². The summed E-state index contributed by atoms with van der Waals surface area (Å²) in [5, 5.41) is 3.04. The van der Waals surface area contributed by atoms with Crippen LogP contribution in [0.5, 0.6) is 0 Å². The molecule has 1 aromatic heterocycles. The van der Waals surface area contributed by atoms with Gasteiger partial charge in [-0.25, -0.2) is 0 Å². The second kappa shape index (κ2) is 5.69. The molecule has 0 aromatic carbocycles. The Balaban J connectivity index is 1.51. The first-order valence-corrected chi connectivity index (χ1v) is 7.32. The number of piperidine rings is 2. The first-order valence-electron chi connectivity index (χ1n) is 7.32. The lowest BCUT2D eigenvalue weighted by molar-refractivity contribution is -0.134. The monoisotopic (exact) mass is 276 g/mol. The smallest absolute Gasteiger partial charge is 0.223 e. The topological polar surface area (TPSA) is 62.6 Å². The summed E-state index contributed by atoms with van der Waals surface area (Å²) in [6, 6.07) is 4.01. The molecule has 1 N–H and O–H groups in total. The lowest BCUT2D eigenvalue weighted by atomic mass is 9.85. The van der Waals surface area contributed by atoms with E-state index in [2.05, 4.69) is 5.32 Å². The van der Waals surface area contributed by atoms with Crippen molar-refractivity contribution in [2.45, 2.75) is 38.1 Å². The van der Waals surface area contributed by atoms with Crippen LogP contribution in [0.2, 0.25) is 0 Å². The molecule has 3 rings (SSSR count). The van der Waals surface area contributed by atoms with Crippen LogP contribution in [0.1, 0.15) is 31.4 Å². The summed E-state index contributed by atoms with van der Waals surface area (Å²) in [5.74, 6) is 1.63. The average Bonchev–Trinajstić information content (AvgIpc) is 2.97. The maximum absolute atomic E-state index is 12.2. The quantitative estimate of drug-likeness (QED) is 0.906. The van der Waals surface area contributed by atoms with Crippen LogP contribution in [0, 0.1) is 5.92 Å². The summed E-state index contributed by atoms with van der Waals surface area (Å²) < 4.78 is 5.25. The standard InChI is InChI=1S/C15H20N2O3/c18-14-5-3-11-10-17(8-7-13(11)16-14)15(19)6-4-12-2-1-9-20-12/h1-2,9,11,13H,3-8,10H2,(H,16,18). The van der Waals surface area contributed by atoms with Crippen molar-refractivity contribution in [3.05, 3.63) is 24.2 Å². The molecule has 2 unspecified atom stereocenters. The number of furan rings is 1. The molecule has 3 heterocycles. The molecular weight excluding hydrogens is 256 g/mol. The molecular formula is C15H20N2O3. The third-order valence-electron chi connectivity index (χ3n) is 4.34. The molecule has 5 heteroatoms. The summed E-state index contributed by atoms with van der Waals surface area (Å²) in [6.45, 7) is 1.53. The lowest BCUT2D eigenvalue weighted by Gasteiger charge is -2.41. The van der Waals surface area contributed by atoms with Crippen molar-refractivity contribution in [3.63, 3.8) is 0 Å². The van der Waals surface area contributed by atoms with Crippen LogP contribution in [0.25, 0.3) is 0 Å². The van der Waals surface area contributed by atoms with Crippen LogP contribution in [0.3, 0.4) is 0 Å². The number of hydrogen-bond acceptors (Lipinski definition) is 3. The number of nitrogens with zero attached hydrogens (tertiary/aromatic N) is 1. The summed E-state index contributed by atoms with van der Waals surface area (Å²) >= 11 is 0. The molecule has 2 atom stereocenters. The highest BCUT2D eigenvalue weighted by Crippen LogP contribution is 2.25. The van der Waals surface area contributed by atoms with Crippen molar-refractivity contribution >= 4 is 11.8 Å². The van der Waals surface area contributed by atoms with Gasteiger partial charge in [0.05, 0.1) is 6.26 Å². The molecule has 2 aliphatic heterocycles. The molecule has 108 valence electrons. The van der Waals surface area contributed by atoms with Crippen LogP contribution in [-0.2, 0) is 16.0 Å². The fourth-order valence-corrected chi connectivity index (χ4v) is 3.18. The third-order valence-corrected chi connectivity index (χ3v) is 4.34. The minimum atomic E-state index is 0.156. The van der Waals surface area contributed by atoms with E-state index in [1.54, 1.807) is 6.26 Å². The number of carbonyl (C=O) groups is 2. The van der Waals surface area contributed by atoms with E-state index in [9.17, 15) is 9.59 Å². The number of hydrogen-bond donors (Lipinski definition) is 1. The summed E-state index contributed by atoms with van der Waals surface area (Å²) in [5.41, 5.74) is 0. The Morgan fingerprint density at radius 3 is 3.15 bits per heavy atom. The van der Waals surface area contributed by atoms with E-state index in [1.165, 1.54) is 0 Å². The van der Waals surface area contributed by atoms with Gasteiger partial charge in [-0.1, -0.05) is 0 Å². The Kier molecular flexibility index (Phi) is 3.76. The number of likely N-dealkylation sites (tertiary alicyclic amines) is 1. The zero-order valence-corrected chi connectivity index (χ0v) is 11.5. The highest BCUT2D eigenvalue weighted by molar-refractivity contribution is 5.78. The zero-order chi connectivity index (χ0) is 13.9. The van der Waals surface area contributed by atoms with Crippen LogP contribution in [0.4, 0.5) is 0 Å². The van der Waals surface area contributed by atoms with Gasteiger partial charge in [-0.05, 0) is 30.9 Å². The summed E-state index contributed by atoms with van der Waals surface area (Å²) in [6.07, 6.45) is 5.16. The van der Waals surface area contributed by atoms with Crippen molar-refractivity contribution in [2.24, 2.45) is 5.92 Å². The van der Waals surface area contributed by atoms with Gasteiger partial charge in [0.25, 0.3) is 0 Å². The van der Waals surface area contributed by atoms with E-state index in [4.69, 9.17) is 4.42 Å². The molecule has 0 aliphatic carbocycles. The Bertz CT molecular complexity index is 483. The molecule has 2 fully saturated rings. The Morgan fingerprint density at radius 2 is 2.35 bits per heavy atom. The average molecular weight is 276 g/mol. The molecule has 5 nitrogen and oxygen atoms in total. The molecule has 20 heavy (non-hydrogen) atoms. The van der Waals surface area contributed by atoms with E-state index >= 15 is 0 Å². The van der Waals surface area contributed by atoms with Gasteiger partial charge in [0.1, 0.15) is 5.76 Å². The van der Waals surface area contributed by atoms with E-state index in [0.717, 1.165) is 31.7 Å². The maximum atomic E-state index is 12.2. The number of fused-ring (bicyclic) bond motifs is 1. The molecule has 0 radical (unpaired) electrons. The number of amides is 2. The van der Waals surface area contributed by atoms with E-state index in [1.807, 2.05) is 17.0 Å². The minimum absolute atomic E-state index is 0.156. The molecule has 0 saturated carbocycles. The van der Waals surface area contributed by atoms with Gasteiger partial charge in [-0.2, -0.15) is 0 Å². The molecule has 2 amide bonds. The van der Waals surface area contributed by atoms with Crippen LogP contribution >= 0.6 is 0 Å². The van der Waals surface area contributed by atoms with E-state index in [0.29, 0.717) is 25.2 Å². The SMILES string of the molecule is O=C1CCC2CN(C(=O)CCc3ccco3)CCC2N1. The predicted molar refractivity (Wildman–Crippen MR) is 72.9 cm³/mol. The van der Waals surface area contributed by atoms with Crippen molar-refractivity contribution in [3.8, 4) is 0 Å². The minimum Gasteiger partial charge on any atom is -0.469 e. The van der Waals surface area contributed by atoms with Crippen molar-refractivity contribution in [1.82, 2.24) is 10.2 Å². The van der Waals surface area contributed by atoms with Crippen LogP contribution in [0.15, 0.2) is 22.8 Å². The van der Waals surface area contributed by atoms with Gasteiger partial charge in [-0.15, -0.1) is 0 Å². The Labute approximate surface area is 118 Å². The third kappa shape index (κ3) is 2.86. The number of nitrogens with one attached hydrogen (secondary N) is 1. The second-order valence-electron chi connectivity index (χ2n) is 5.68. The van der Waals surface area contributed by atoms with Gasteiger partial charge in [0.15, 0.2) is 0 Å². The Morgan fingerprint density at radius 1 is 1.45 bits per heavy atom. The lowest BCUT2D eigenvalue weighted by Crippen LogP contribution is -2.55. The fourth-order valence-electron chi connectivity index (χ4n) is 3.18. The molecule has 2 saturated heterocycles. The zero-order valence-electron chi connectivity index (χ0n) is 11.5. The Hall–Kier alpha value is -1.78. The predicted octanol–water partition coefficient (Wildman–Crippen LogP) is 1.34. The normalized spacial score (nSPS) is 26.0. The van der Waals surface area contributed by atoms with Gasteiger partial charge in [-0.3, -0.25) is 9.59 Å². The largest absolute Gasteiger partial charge is 0.469 e. The second-order valence-corrected chi connectivity index (χ2v) is 5.68. The van der Waals surface area contributed by atoms with E-state index in [-0.39, 0.29) is 17.9 Å². The first kappa shape index (κ1) is 13.2. The molecule has 1 aromatic rings. The summed E-state index contributed by atoms with van der Waals surface area (Å²) in [7, 11) is 0. The highest BCUT2D eigenvalue weighted by atomic mass is 16.3. The number of rotatable bonds is 3. The van der Waals surface area contributed by atoms with Crippen LogP contribution in [-0.4, -0.2) is 35.8 Å². The summed E-state index contributed by atoms with van der Waals surface area (Å²) in [4.78, 5) is 25.5. The first-order chi connectivity index (χ1) is 9.72. The maximum Gasteiger partial charge on any atom is 0.223 e. The number of aryl methyl sites for hydroxylation is 1. The van der Waals surface area contributed by atoms with Gasteiger partial charge >= 0.3 is 0 Å². The van der Waals surface area contributed by atoms with Crippen LogP contribution < -0.4 is 5.32 Å². The molecule has 0 spiro atoms. The fraction of sp³-hybridized carbons (Fsp3) is 0.600. The van der Waals surface area contributed by atoms with Gasteiger partial charge in [0, 0.05) is 38.4 Å². The van der Waals surface area contributed by atoms with Gasteiger partial charge < -0.3 is 14.6 Å². The molecule has 2 aliphatic rings. The highest BCUT2D eigenvalue weighted by Gasteiger charge is 2.34. The van der Waals surface area contributed by atoms with Gasteiger partial charge in [0.2, 0.25) is 11.8 Å².